The number of hydrogen-bond donors (Lipinski definition) is 0. The molecule has 0 N–H and O–H groups in total. The van der Waals surface area contributed by atoms with Crippen molar-refractivity contribution in [3.8, 4) is 0 Å². The molecule has 1 fully saturated rings. The van der Waals surface area contributed by atoms with Crippen LogP contribution in [-0.4, -0.2) is 28.6 Å². The van der Waals surface area contributed by atoms with Crippen molar-refractivity contribution in [1.82, 2.24) is 9.19 Å². The first-order valence-electron chi connectivity index (χ1n) is 6.77. The van der Waals surface area contributed by atoms with Gasteiger partial charge in [0.2, 0.25) is 0 Å². The molecule has 0 bridgehead atoms. The van der Waals surface area contributed by atoms with Crippen LogP contribution in [0.15, 0.2) is 17.8 Å². The fourth-order valence-corrected chi connectivity index (χ4v) is 3.88. The summed E-state index contributed by atoms with van der Waals surface area (Å²) in [6.07, 6.45) is 2.87. The lowest BCUT2D eigenvalue weighted by molar-refractivity contribution is -0.113. The van der Waals surface area contributed by atoms with E-state index in [0.29, 0.717) is 24.1 Å². The van der Waals surface area contributed by atoms with Crippen LogP contribution in [0.4, 0.5) is 0 Å². The first-order chi connectivity index (χ1) is 9.25. The Bertz CT molecular complexity index is 664. The number of allylic oxidation sites excluding steroid dienone is 2. The molecule has 0 saturated heterocycles. The Morgan fingerprint density at radius 3 is 2.40 bits per heavy atom. The molecular formula is C14H20N2O3S. The smallest absolute Gasteiger partial charge is 0.256 e. The number of hydrogen-bond acceptors (Lipinski definition) is 4. The molecule has 0 spiro atoms. The highest BCUT2D eigenvalue weighted by Gasteiger charge is 2.37. The van der Waals surface area contributed by atoms with Crippen LogP contribution >= 0.6 is 0 Å². The van der Waals surface area contributed by atoms with Gasteiger partial charge in [0.05, 0.1) is 10.9 Å². The molecule has 1 heterocycles. The maximum Gasteiger partial charge on any atom is 0.256 e. The number of aromatic nitrogens is 2. The van der Waals surface area contributed by atoms with Gasteiger partial charge in [-0.1, -0.05) is 13.8 Å². The van der Waals surface area contributed by atoms with Gasteiger partial charge in [-0.05, 0) is 44.2 Å². The van der Waals surface area contributed by atoms with E-state index in [1.807, 2.05) is 20.8 Å². The zero-order valence-electron chi connectivity index (χ0n) is 12.3. The monoisotopic (exact) mass is 296 g/mol. The predicted octanol–water partition coefficient (Wildman–Crippen LogP) is 2.24. The molecule has 1 aliphatic rings. The van der Waals surface area contributed by atoms with E-state index in [-0.39, 0.29) is 17.0 Å². The molecule has 2 rings (SSSR count). The summed E-state index contributed by atoms with van der Waals surface area (Å²) in [6, 6.07) is 1.65. The standard InChI is InChI=1S/C14H20N2O3S/c1-9(2)14(11(4)17)10(3)13-7-8-16(15-13)20(18,19)12-5-6-12/h7-9,12H,5-6H2,1-4H3. The lowest BCUT2D eigenvalue weighted by Crippen LogP contribution is -2.18. The Labute approximate surface area is 119 Å². The maximum atomic E-state index is 12.1. The van der Waals surface area contributed by atoms with E-state index >= 15 is 0 Å². The summed E-state index contributed by atoms with van der Waals surface area (Å²) in [7, 11) is -3.35. The number of Topliss-reactive ketones (excluding diaryl/α,β-unsaturated/α-hetero) is 1. The maximum absolute atomic E-state index is 12.1. The molecule has 0 amide bonds. The van der Waals surface area contributed by atoms with Gasteiger partial charge in [-0.2, -0.15) is 9.19 Å². The van der Waals surface area contributed by atoms with E-state index in [2.05, 4.69) is 5.10 Å². The number of ketones is 1. The largest absolute Gasteiger partial charge is 0.295 e. The Morgan fingerprint density at radius 1 is 1.35 bits per heavy atom. The van der Waals surface area contributed by atoms with Crippen LogP contribution in [0.1, 0.15) is 46.2 Å². The van der Waals surface area contributed by atoms with Gasteiger partial charge >= 0.3 is 0 Å². The summed E-state index contributed by atoms with van der Waals surface area (Å²) < 4.78 is 25.2. The topological polar surface area (TPSA) is 69.0 Å². The summed E-state index contributed by atoms with van der Waals surface area (Å²) in [6.45, 7) is 7.22. The zero-order valence-corrected chi connectivity index (χ0v) is 13.1. The van der Waals surface area contributed by atoms with Crippen molar-refractivity contribution in [2.24, 2.45) is 5.92 Å². The predicted molar refractivity (Wildman–Crippen MR) is 77.7 cm³/mol. The highest BCUT2D eigenvalue weighted by atomic mass is 32.2. The summed E-state index contributed by atoms with van der Waals surface area (Å²) in [5, 5.41) is 3.85. The Hall–Kier alpha value is -1.43. The van der Waals surface area contributed by atoms with Crippen LogP contribution in [0, 0.1) is 5.92 Å². The van der Waals surface area contributed by atoms with Gasteiger partial charge in [0.15, 0.2) is 5.78 Å². The van der Waals surface area contributed by atoms with E-state index in [9.17, 15) is 13.2 Å². The molecule has 110 valence electrons. The highest BCUT2D eigenvalue weighted by molar-refractivity contribution is 7.90. The first-order valence-corrected chi connectivity index (χ1v) is 8.27. The van der Waals surface area contributed by atoms with Crippen molar-refractivity contribution >= 4 is 21.4 Å². The second kappa shape index (κ2) is 5.16. The van der Waals surface area contributed by atoms with Gasteiger partial charge in [0.1, 0.15) is 0 Å². The van der Waals surface area contributed by atoms with E-state index in [1.54, 1.807) is 6.07 Å². The second-order valence-corrected chi connectivity index (χ2v) is 7.64. The van der Waals surface area contributed by atoms with Crippen LogP contribution in [0.2, 0.25) is 0 Å². The van der Waals surface area contributed by atoms with Crippen molar-refractivity contribution in [2.45, 2.75) is 45.8 Å². The van der Waals surface area contributed by atoms with E-state index in [4.69, 9.17) is 0 Å². The normalized spacial score (nSPS) is 17.2. The Balaban J connectivity index is 2.42. The van der Waals surface area contributed by atoms with Crippen molar-refractivity contribution in [2.75, 3.05) is 0 Å². The molecule has 0 radical (unpaired) electrons. The van der Waals surface area contributed by atoms with Gasteiger partial charge in [-0.25, -0.2) is 8.42 Å². The quantitative estimate of drug-likeness (QED) is 0.781. The third-order valence-corrected chi connectivity index (χ3v) is 5.56. The lowest BCUT2D eigenvalue weighted by Gasteiger charge is -2.11. The van der Waals surface area contributed by atoms with Crippen LogP contribution in [-0.2, 0) is 14.8 Å². The first kappa shape index (κ1) is 15.0. The van der Waals surface area contributed by atoms with Crippen LogP contribution in [0.5, 0.6) is 0 Å². The van der Waals surface area contributed by atoms with Gasteiger partial charge in [0.25, 0.3) is 10.0 Å². The fourth-order valence-electron chi connectivity index (χ4n) is 2.41. The number of nitrogens with zero attached hydrogens (tertiary/aromatic N) is 2. The Kier molecular flexibility index (Phi) is 3.86. The minimum atomic E-state index is -3.35. The second-order valence-electron chi connectivity index (χ2n) is 5.57. The zero-order chi connectivity index (χ0) is 15.1. The molecule has 0 unspecified atom stereocenters. The van der Waals surface area contributed by atoms with Crippen LogP contribution in [0.25, 0.3) is 5.57 Å². The van der Waals surface area contributed by atoms with E-state index < -0.39 is 10.0 Å². The summed E-state index contributed by atoms with van der Waals surface area (Å²) in [5.41, 5.74) is 1.99. The Morgan fingerprint density at radius 2 is 1.95 bits per heavy atom. The van der Waals surface area contributed by atoms with Crippen LogP contribution < -0.4 is 0 Å². The number of carbonyl (C=O) groups excluding carboxylic acids is 1. The van der Waals surface area contributed by atoms with Crippen molar-refractivity contribution in [3.63, 3.8) is 0 Å². The van der Waals surface area contributed by atoms with Gasteiger partial charge in [0, 0.05) is 11.8 Å². The third-order valence-electron chi connectivity index (χ3n) is 3.52. The van der Waals surface area contributed by atoms with Gasteiger partial charge < -0.3 is 0 Å². The average Bonchev–Trinajstić information content (AvgIpc) is 3.06. The van der Waals surface area contributed by atoms with E-state index in [0.717, 1.165) is 9.66 Å². The van der Waals surface area contributed by atoms with E-state index in [1.165, 1.54) is 13.1 Å². The number of rotatable bonds is 5. The lowest BCUT2D eigenvalue weighted by atomic mass is 9.93. The van der Waals surface area contributed by atoms with Crippen LogP contribution in [0.3, 0.4) is 0 Å². The number of carbonyl (C=O) groups is 1. The van der Waals surface area contributed by atoms with Crippen molar-refractivity contribution in [1.29, 1.82) is 0 Å². The summed E-state index contributed by atoms with van der Waals surface area (Å²) in [5.74, 6) is 0.0785. The SMILES string of the molecule is CC(=O)C(=C(C)c1ccn(S(=O)(=O)C2CC2)n1)C(C)C. The molecule has 0 atom stereocenters. The molecule has 1 saturated carbocycles. The molecule has 1 aromatic heterocycles. The molecule has 6 heteroatoms. The molecule has 0 aliphatic heterocycles. The minimum absolute atomic E-state index is 0.00269. The summed E-state index contributed by atoms with van der Waals surface area (Å²) in [4.78, 5) is 11.7. The van der Waals surface area contributed by atoms with Gasteiger partial charge in [-0.3, -0.25) is 4.79 Å². The highest BCUT2D eigenvalue weighted by Crippen LogP contribution is 2.30. The van der Waals surface area contributed by atoms with Crippen molar-refractivity contribution in [3.05, 3.63) is 23.5 Å². The molecule has 0 aromatic carbocycles. The van der Waals surface area contributed by atoms with Gasteiger partial charge in [-0.15, -0.1) is 0 Å². The summed E-state index contributed by atoms with van der Waals surface area (Å²) >= 11 is 0. The average molecular weight is 296 g/mol. The molecule has 5 nitrogen and oxygen atoms in total. The molecule has 1 aromatic rings. The molecule has 20 heavy (non-hydrogen) atoms. The van der Waals surface area contributed by atoms with Crippen molar-refractivity contribution < 1.29 is 13.2 Å². The fraction of sp³-hybridized carbons (Fsp3) is 0.571. The minimum Gasteiger partial charge on any atom is -0.295 e. The molecular weight excluding hydrogens is 276 g/mol. The third kappa shape index (κ3) is 2.70. The molecule has 1 aliphatic carbocycles.